The van der Waals surface area contributed by atoms with Gasteiger partial charge in [0, 0.05) is 18.7 Å². The van der Waals surface area contributed by atoms with Gasteiger partial charge in [0.25, 0.3) is 0 Å². The van der Waals surface area contributed by atoms with Gasteiger partial charge >= 0.3 is 6.03 Å². The van der Waals surface area contributed by atoms with Crippen molar-refractivity contribution in [3.8, 4) is 5.75 Å². The van der Waals surface area contributed by atoms with E-state index in [1.807, 2.05) is 44.2 Å². The van der Waals surface area contributed by atoms with Crippen LogP contribution in [0.3, 0.4) is 0 Å². The summed E-state index contributed by atoms with van der Waals surface area (Å²) in [4.78, 5) is 11.8. The molecule has 0 atom stereocenters. The van der Waals surface area contributed by atoms with E-state index < -0.39 is 0 Å². The molecule has 0 spiro atoms. The number of urea groups is 1. The molecule has 0 aliphatic rings. The first kappa shape index (κ1) is 15.9. The number of methoxy groups -OCH3 is 1. The maximum Gasteiger partial charge on any atom is 0.315 e. The average Bonchev–Trinajstić information content (AvgIpc) is 2.84. The summed E-state index contributed by atoms with van der Waals surface area (Å²) in [6, 6.07) is 9.59. The van der Waals surface area contributed by atoms with Gasteiger partial charge in [-0.15, -0.1) is 0 Å². The van der Waals surface area contributed by atoms with Crippen LogP contribution in [0.1, 0.15) is 22.6 Å². The van der Waals surface area contributed by atoms with Gasteiger partial charge in [0.05, 0.1) is 7.11 Å². The molecule has 2 amide bonds. The predicted octanol–water partition coefficient (Wildman–Crippen LogP) is 2.95. The Labute approximate surface area is 130 Å². The fraction of sp³-hybridized carbons (Fsp3) is 0.353. The highest BCUT2D eigenvalue weighted by atomic mass is 16.5. The topological polar surface area (TPSA) is 63.5 Å². The molecule has 0 unspecified atom stereocenters. The lowest BCUT2D eigenvalue weighted by molar-refractivity contribution is 0.240. The van der Waals surface area contributed by atoms with Crippen LogP contribution in [0.15, 0.2) is 34.7 Å². The summed E-state index contributed by atoms with van der Waals surface area (Å²) in [6.45, 7) is 4.84. The van der Waals surface area contributed by atoms with Crippen molar-refractivity contribution in [2.75, 3.05) is 13.7 Å². The van der Waals surface area contributed by atoms with Crippen LogP contribution in [0.5, 0.6) is 5.75 Å². The minimum Gasteiger partial charge on any atom is -0.497 e. The number of carbonyl (C=O) groups is 1. The largest absolute Gasteiger partial charge is 0.497 e. The van der Waals surface area contributed by atoms with E-state index >= 15 is 0 Å². The van der Waals surface area contributed by atoms with E-state index in [2.05, 4.69) is 10.6 Å². The monoisotopic (exact) mass is 302 g/mol. The maximum absolute atomic E-state index is 11.8. The van der Waals surface area contributed by atoms with Crippen molar-refractivity contribution in [3.05, 3.63) is 53.0 Å². The number of aryl methyl sites for hydroxylation is 2. The molecule has 0 aliphatic carbocycles. The van der Waals surface area contributed by atoms with Crippen LogP contribution in [-0.2, 0) is 13.0 Å². The number of carbonyl (C=O) groups excluding carboxylic acids is 1. The van der Waals surface area contributed by atoms with Gasteiger partial charge < -0.3 is 19.8 Å². The summed E-state index contributed by atoms with van der Waals surface area (Å²) in [6.07, 6.45) is 0.779. The lowest BCUT2D eigenvalue weighted by Gasteiger charge is -2.07. The standard InChI is InChI=1S/C17H22N2O3/c1-12-10-15(13(2)22-12)11-19-17(20)18-9-8-14-4-6-16(21-3)7-5-14/h4-7,10H,8-9,11H2,1-3H3,(H2,18,19,20). The molecule has 0 radical (unpaired) electrons. The zero-order chi connectivity index (χ0) is 15.9. The van der Waals surface area contributed by atoms with Crippen LogP contribution in [0, 0.1) is 13.8 Å². The number of furan rings is 1. The van der Waals surface area contributed by atoms with Crippen molar-refractivity contribution in [1.82, 2.24) is 10.6 Å². The molecule has 22 heavy (non-hydrogen) atoms. The summed E-state index contributed by atoms with van der Waals surface area (Å²) in [5, 5.41) is 5.67. The normalized spacial score (nSPS) is 10.3. The smallest absolute Gasteiger partial charge is 0.315 e. The number of nitrogens with one attached hydrogen (secondary N) is 2. The molecule has 5 nitrogen and oxygen atoms in total. The van der Waals surface area contributed by atoms with Crippen molar-refractivity contribution < 1.29 is 13.9 Å². The Morgan fingerprint density at radius 2 is 1.91 bits per heavy atom. The summed E-state index contributed by atoms with van der Waals surface area (Å²) in [5.41, 5.74) is 2.16. The molecule has 0 fully saturated rings. The Kier molecular flexibility index (Phi) is 5.47. The van der Waals surface area contributed by atoms with E-state index in [1.54, 1.807) is 7.11 Å². The van der Waals surface area contributed by atoms with Gasteiger partial charge in [0.15, 0.2) is 0 Å². The summed E-state index contributed by atoms with van der Waals surface area (Å²) in [5.74, 6) is 2.53. The van der Waals surface area contributed by atoms with Crippen LogP contribution in [0.4, 0.5) is 4.79 Å². The highest BCUT2D eigenvalue weighted by Gasteiger charge is 2.06. The quantitative estimate of drug-likeness (QED) is 0.862. The van der Waals surface area contributed by atoms with Gasteiger partial charge in [-0.2, -0.15) is 0 Å². The first-order valence-electron chi connectivity index (χ1n) is 7.29. The third-order valence-electron chi connectivity index (χ3n) is 3.44. The molecule has 0 saturated heterocycles. The first-order valence-corrected chi connectivity index (χ1v) is 7.29. The molecule has 1 heterocycles. The molecule has 5 heteroatoms. The van der Waals surface area contributed by atoms with Crippen molar-refractivity contribution >= 4 is 6.03 Å². The number of amides is 2. The number of rotatable bonds is 6. The minimum absolute atomic E-state index is 0.174. The van der Waals surface area contributed by atoms with Gasteiger partial charge in [-0.25, -0.2) is 4.79 Å². The number of benzene rings is 1. The van der Waals surface area contributed by atoms with E-state index in [1.165, 1.54) is 0 Å². The molecule has 0 saturated carbocycles. The van der Waals surface area contributed by atoms with Crippen LogP contribution >= 0.6 is 0 Å². The Morgan fingerprint density at radius 3 is 2.50 bits per heavy atom. The Morgan fingerprint density at radius 1 is 1.18 bits per heavy atom. The fourth-order valence-electron chi connectivity index (χ4n) is 2.21. The molecular formula is C17H22N2O3. The van der Waals surface area contributed by atoms with E-state index in [4.69, 9.17) is 9.15 Å². The molecule has 2 aromatic rings. The third-order valence-corrected chi connectivity index (χ3v) is 3.44. The Balaban J connectivity index is 1.70. The molecule has 1 aromatic carbocycles. The van der Waals surface area contributed by atoms with Crippen molar-refractivity contribution in [2.24, 2.45) is 0 Å². The molecule has 0 aliphatic heterocycles. The van der Waals surface area contributed by atoms with E-state index in [-0.39, 0.29) is 6.03 Å². The lowest BCUT2D eigenvalue weighted by atomic mass is 10.1. The van der Waals surface area contributed by atoms with E-state index in [0.29, 0.717) is 13.1 Å². The SMILES string of the molecule is COc1ccc(CCNC(=O)NCc2cc(C)oc2C)cc1. The van der Waals surface area contributed by atoms with Crippen LogP contribution < -0.4 is 15.4 Å². The summed E-state index contributed by atoms with van der Waals surface area (Å²) >= 11 is 0. The van der Waals surface area contributed by atoms with Crippen molar-refractivity contribution in [1.29, 1.82) is 0 Å². The number of hydrogen-bond acceptors (Lipinski definition) is 3. The molecule has 118 valence electrons. The lowest BCUT2D eigenvalue weighted by Crippen LogP contribution is -2.36. The second-order valence-electron chi connectivity index (χ2n) is 5.15. The molecular weight excluding hydrogens is 280 g/mol. The van der Waals surface area contributed by atoms with Crippen molar-refractivity contribution in [2.45, 2.75) is 26.8 Å². The zero-order valence-electron chi connectivity index (χ0n) is 13.2. The zero-order valence-corrected chi connectivity index (χ0v) is 13.2. The average molecular weight is 302 g/mol. The molecule has 2 N–H and O–H groups in total. The predicted molar refractivity (Wildman–Crippen MR) is 85.1 cm³/mol. The number of ether oxygens (including phenoxy) is 1. The van der Waals surface area contributed by atoms with E-state index in [9.17, 15) is 4.79 Å². The third kappa shape index (κ3) is 4.55. The first-order chi connectivity index (χ1) is 10.6. The highest BCUT2D eigenvalue weighted by Crippen LogP contribution is 2.13. The second-order valence-corrected chi connectivity index (χ2v) is 5.15. The van der Waals surface area contributed by atoms with Gasteiger partial charge in [0.2, 0.25) is 0 Å². The van der Waals surface area contributed by atoms with E-state index in [0.717, 1.165) is 34.8 Å². The second kappa shape index (κ2) is 7.54. The Bertz CT molecular complexity index is 617. The minimum atomic E-state index is -0.174. The van der Waals surface area contributed by atoms with Gasteiger partial charge in [-0.3, -0.25) is 0 Å². The highest BCUT2D eigenvalue weighted by molar-refractivity contribution is 5.73. The van der Waals surface area contributed by atoms with Gasteiger partial charge in [-0.1, -0.05) is 12.1 Å². The fourth-order valence-corrected chi connectivity index (χ4v) is 2.21. The van der Waals surface area contributed by atoms with Gasteiger partial charge in [-0.05, 0) is 44.0 Å². The van der Waals surface area contributed by atoms with Crippen molar-refractivity contribution in [3.63, 3.8) is 0 Å². The van der Waals surface area contributed by atoms with Crippen LogP contribution in [-0.4, -0.2) is 19.7 Å². The van der Waals surface area contributed by atoms with Gasteiger partial charge in [0.1, 0.15) is 17.3 Å². The summed E-state index contributed by atoms with van der Waals surface area (Å²) < 4.78 is 10.5. The van der Waals surface area contributed by atoms with Crippen LogP contribution in [0.2, 0.25) is 0 Å². The maximum atomic E-state index is 11.8. The Hall–Kier alpha value is -2.43. The number of hydrogen-bond donors (Lipinski definition) is 2. The molecule has 1 aromatic heterocycles. The molecule has 0 bridgehead atoms. The molecule has 2 rings (SSSR count). The summed E-state index contributed by atoms with van der Waals surface area (Å²) in [7, 11) is 1.64. The van der Waals surface area contributed by atoms with Crippen LogP contribution in [0.25, 0.3) is 0 Å².